The summed E-state index contributed by atoms with van der Waals surface area (Å²) in [5, 5.41) is 2.86. The van der Waals surface area contributed by atoms with Gasteiger partial charge in [0.1, 0.15) is 5.54 Å². The second-order valence-electron chi connectivity index (χ2n) is 8.59. The number of sulfonamides is 1. The fraction of sp³-hybridized carbons (Fsp3) is 0.348. The number of hydrogen-bond donors (Lipinski definition) is 1. The van der Waals surface area contributed by atoms with Gasteiger partial charge in [0.25, 0.3) is 5.91 Å². The first-order valence-corrected chi connectivity index (χ1v) is 12.4. The van der Waals surface area contributed by atoms with Crippen molar-refractivity contribution in [2.75, 3.05) is 23.7 Å². The lowest BCUT2D eigenvalue weighted by Crippen LogP contribution is -2.46. The summed E-state index contributed by atoms with van der Waals surface area (Å²) in [6.07, 6.45) is 3.77. The minimum absolute atomic E-state index is 0.334. The zero-order chi connectivity index (χ0) is 22.7. The summed E-state index contributed by atoms with van der Waals surface area (Å²) in [5.41, 5.74) is 2.41. The number of anilines is 1. The number of nitrogens with zero attached hydrogens (tertiary/aromatic N) is 2. The highest BCUT2D eigenvalue weighted by Crippen LogP contribution is 2.40. The molecule has 2 heterocycles. The maximum atomic E-state index is 13.4. The Kier molecular flexibility index (Phi) is 4.63. The van der Waals surface area contributed by atoms with Crippen molar-refractivity contribution < 1.29 is 22.8 Å². The fourth-order valence-electron chi connectivity index (χ4n) is 5.08. The summed E-state index contributed by atoms with van der Waals surface area (Å²) in [7, 11) is -3.38. The highest BCUT2D eigenvalue weighted by atomic mass is 32.2. The molecule has 5 rings (SSSR count). The highest BCUT2D eigenvalue weighted by molar-refractivity contribution is 7.92. The largest absolute Gasteiger partial charge is 0.325 e. The van der Waals surface area contributed by atoms with Gasteiger partial charge in [0.15, 0.2) is 5.78 Å². The molecule has 3 amide bonds. The van der Waals surface area contributed by atoms with Gasteiger partial charge in [-0.3, -0.25) is 18.8 Å². The van der Waals surface area contributed by atoms with Gasteiger partial charge in [-0.15, -0.1) is 0 Å². The summed E-state index contributed by atoms with van der Waals surface area (Å²) in [6, 6.07) is 11.9. The minimum atomic E-state index is -3.38. The van der Waals surface area contributed by atoms with Crippen LogP contribution in [0.25, 0.3) is 0 Å². The number of Topliss-reactive ketones (excluding diaryl/α,β-unsaturated/α-hetero) is 1. The Balaban J connectivity index is 1.40. The predicted octanol–water partition coefficient (Wildman–Crippen LogP) is 1.97. The molecule has 32 heavy (non-hydrogen) atoms. The van der Waals surface area contributed by atoms with Crippen molar-refractivity contribution in [2.45, 2.75) is 31.2 Å². The molecule has 0 radical (unpaired) electrons. The molecular formula is C23H23N3O5S. The fourth-order valence-corrected chi connectivity index (χ4v) is 6.04. The smallest absolute Gasteiger partial charge is 0.319 e. The van der Waals surface area contributed by atoms with Crippen LogP contribution in [0, 0.1) is 0 Å². The molecular weight excluding hydrogens is 430 g/mol. The molecule has 1 N–H and O–H groups in total. The van der Waals surface area contributed by atoms with Crippen LogP contribution in [-0.2, 0) is 33.2 Å². The van der Waals surface area contributed by atoms with E-state index in [1.807, 2.05) is 24.3 Å². The van der Waals surface area contributed by atoms with Crippen LogP contribution >= 0.6 is 0 Å². The average Bonchev–Trinajstić information content (AvgIpc) is 3.29. The van der Waals surface area contributed by atoms with E-state index in [1.165, 1.54) is 4.31 Å². The van der Waals surface area contributed by atoms with E-state index in [-0.39, 0.29) is 12.3 Å². The third-order valence-corrected chi connectivity index (χ3v) is 7.79. The van der Waals surface area contributed by atoms with Crippen LogP contribution in [0.3, 0.4) is 0 Å². The quantitative estimate of drug-likeness (QED) is 0.563. The van der Waals surface area contributed by atoms with Gasteiger partial charge >= 0.3 is 6.03 Å². The van der Waals surface area contributed by atoms with Gasteiger partial charge < -0.3 is 5.32 Å². The van der Waals surface area contributed by atoms with Crippen molar-refractivity contribution in [1.82, 2.24) is 10.2 Å². The Labute approximate surface area is 186 Å². The van der Waals surface area contributed by atoms with E-state index < -0.39 is 27.5 Å². The van der Waals surface area contributed by atoms with Gasteiger partial charge in [0, 0.05) is 12.1 Å². The van der Waals surface area contributed by atoms with Crippen LogP contribution in [-0.4, -0.2) is 50.4 Å². The molecule has 1 saturated heterocycles. The number of rotatable bonds is 4. The molecule has 166 valence electrons. The Morgan fingerprint density at radius 2 is 1.88 bits per heavy atom. The molecule has 3 aliphatic rings. The van der Waals surface area contributed by atoms with E-state index in [2.05, 4.69) is 5.32 Å². The van der Waals surface area contributed by atoms with Crippen LogP contribution in [0.5, 0.6) is 0 Å². The number of urea groups is 1. The molecule has 8 nitrogen and oxygen atoms in total. The summed E-state index contributed by atoms with van der Waals surface area (Å²) in [4.78, 5) is 40.1. The second-order valence-corrected chi connectivity index (χ2v) is 10.5. The van der Waals surface area contributed by atoms with Crippen molar-refractivity contribution in [3.63, 3.8) is 0 Å². The van der Waals surface area contributed by atoms with Crippen LogP contribution in [0.4, 0.5) is 10.5 Å². The molecule has 2 aliphatic heterocycles. The van der Waals surface area contributed by atoms with Gasteiger partial charge in [-0.05, 0) is 60.6 Å². The SMILES string of the molecule is CS(=O)(=O)N1CCc2cc(C(=O)CN3C(=O)N[C@@]4(CCCc5ccccc54)C3=O)ccc21. The lowest BCUT2D eigenvalue weighted by Gasteiger charge is -2.33. The molecule has 1 spiro atoms. The van der Waals surface area contributed by atoms with Crippen molar-refractivity contribution in [3.05, 3.63) is 64.7 Å². The molecule has 1 atom stereocenters. The summed E-state index contributed by atoms with van der Waals surface area (Å²) in [6.45, 7) is -0.0239. The van der Waals surface area contributed by atoms with Gasteiger partial charge in [0.05, 0.1) is 18.5 Å². The Morgan fingerprint density at radius 3 is 2.66 bits per heavy atom. The van der Waals surface area contributed by atoms with E-state index in [4.69, 9.17) is 0 Å². The number of hydrogen-bond acceptors (Lipinski definition) is 5. The molecule has 0 unspecified atom stereocenters. The summed E-state index contributed by atoms with van der Waals surface area (Å²) >= 11 is 0. The highest BCUT2D eigenvalue weighted by Gasteiger charge is 2.54. The first-order chi connectivity index (χ1) is 15.2. The maximum Gasteiger partial charge on any atom is 0.325 e. The molecule has 2 aromatic carbocycles. The van der Waals surface area contributed by atoms with Crippen molar-refractivity contribution in [3.8, 4) is 0 Å². The number of fused-ring (bicyclic) bond motifs is 3. The molecule has 1 fully saturated rings. The van der Waals surface area contributed by atoms with E-state index in [0.717, 1.165) is 40.7 Å². The average molecular weight is 454 g/mol. The standard InChI is InChI=1S/C23H23N3O5S/c1-32(30,31)26-12-10-16-13-17(8-9-19(16)26)20(27)14-25-21(28)23(24-22(25)29)11-4-6-15-5-2-3-7-18(15)23/h2-3,5,7-9,13H,4,6,10-12,14H2,1H3,(H,24,29)/t23-/m1/s1. The van der Waals surface area contributed by atoms with Gasteiger partial charge in [-0.25, -0.2) is 13.2 Å². The van der Waals surface area contributed by atoms with E-state index in [9.17, 15) is 22.8 Å². The van der Waals surface area contributed by atoms with Gasteiger partial charge in [-0.2, -0.15) is 0 Å². The molecule has 0 aromatic heterocycles. The Bertz CT molecular complexity index is 1270. The van der Waals surface area contributed by atoms with Crippen molar-refractivity contribution in [1.29, 1.82) is 0 Å². The zero-order valence-corrected chi connectivity index (χ0v) is 18.4. The maximum absolute atomic E-state index is 13.4. The molecule has 2 aromatic rings. The second kappa shape index (κ2) is 7.16. The normalized spacial score (nSPS) is 22.2. The number of amides is 3. The lowest BCUT2D eigenvalue weighted by molar-refractivity contribution is -0.131. The number of carbonyl (C=O) groups excluding carboxylic acids is 3. The number of nitrogens with one attached hydrogen (secondary N) is 1. The van der Waals surface area contributed by atoms with Crippen LogP contribution in [0.1, 0.15) is 39.9 Å². The number of carbonyl (C=O) groups is 3. The van der Waals surface area contributed by atoms with Gasteiger partial charge in [0.2, 0.25) is 10.0 Å². The first kappa shape index (κ1) is 20.7. The topological polar surface area (TPSA) is 104 Å². The van der Waals surface area contributed by atoms with Crippen molar-refractivity contribution >= 4 is 33.4 Å². The van der Waals surface area contributed by atoms with E-state index in [1.54, 1.807) is 18.2 Å². The van der Waals surface area contributed by atoms with E-state index >= 15 is 0 Å². The minimum Gasteiger partial charge on any atom is -0.319 e. The number of imide groups is 1. The molecule has 1 aliphatic carbocycles. The number of benzene rings is 2. The molecule has 0 saturated carbocycles. The Morgan fingerprint density at radius 1 is 1.09 bits per heavy atom. The predicted molar refractivity (Wildman–Crippen MR) is 118 cm³/mol. The Hall–Kier alpha value is -3.20. The number of ketones is 1. The third kappa shape index (κ3) is 3.10. The van der Waals surface area contributed by atoms with E-state index in [0.29, 0.717) is 30.6 Å². The molecule has 0 bridgehead atoms. The summed E-state index contributed by atoms with van der Waals surface area (Å²) in [5.74, 6) is -0.761. The molecule has 9 heteroatoms. The third-order valence-electron chi connectivity index (χ3n) is 6.61. The monoisotopic (exact) mass is 453 g/mol. The number of aryl methyl sites for hydroxylation is 1. The van der Waals surface area contributed by atoms with Crippen LogP contribution < -0.4 is 9.62 Å². The lowest BCUT2D eigenvalue weighted by atomic mass is 9.76. The zero-order valence-electron chi connectivity index (χ0n) is 17.6. The van der Waals surface area contributed by atoms with Crippen LogP contribution in [0.2, 0.25) is 0 Å². The first-order valence-electron chi connectivity index (χ1n) is 10.6. The van der Waals surface area contributed by atoms with Gasteiger partial charge in [-0.1, -0.05) is 24.3 Å². The van der Waals surface area contributed by atoms with Crippen molar-refractivity contribution in [2.24, 2.45) is 0 Å². The van der Waals surface area contributed by atoms with Crippen LogP contribution in [0.15, 0.2) is 42.5 Å². The summed E-state index contributed by atoms with van der Waals surface area (Å²) < 4.78 is 25.2.